The lowest BCUT2D eigenvalue weighted by Gasteiger charge is -2.39. The van der Waals surface area contributed by atoms with E-state index in [9.17, 15) is 19.5 Å². The summed E-state index contributed by atoms with van der Waals surface area (Å²) in [4.78, 5) is 39.5. The van der Waals surface area contributed by atoms with Gasteiger partial charge in [0.15, 0.2) is 0 Å². The lowest BCUT2D eigenvalue weighted by molar-refractivity contribution is -0.147. The Kier molecular flexibility index (Phi) is 5.13. The summed E-state index contributed by atoms with van der Waals surface area (Å²) in [5.74, 6) is -0.445. The van der Waals surface area contributed by atoms with Gasteiger partial charge in [-0.2, -0.15) is 0 Å². The van der Waals surface area contributed by atoms with Gasteiger partial charge < -0.3 is 19.6 Å². The van der Waals surface area contributed by atoms with Gasteiger partial charge in [-0.3, -0.25) is 9.59 Å². The van der Waals surface area contributed by atoms with Gasteiger partial charge in [0.25, 0.3) is 5.91 Å². The molecule has 2 fully saturated rings. The molecular weight excluding hydrogens is 348 g/mol. The third kappa shape index (κ3) is 3.63. The van der Waals surface area contributed by atoms with Gasteiger partial charge in [-0.15, -0.1) is 0 Å². The van der Waals surface area contributed by atoms with E-state index in [-0.39, 0.29) is 17.2 Å². The fourth-order valence-electron chi connectivity index (χ4n) is 4.33. The molecule has 27 heavy (non-hydrogen) atoms. The van der Waals surface area contributed by atoms with Crippen molar-refractivity contribution in [1.29, 1.82) is 0 Å². The Morgan fingerprint density at radius 2 is 1.89 bits per heavy atom. The number of benzene rings is 1. The lowest BCUT2D eigenvalue weighted by Crippen LogP contribution is -2.44. The molecule has 7 nitrogen and oxygen atoms in total. The minimum absolute atomic E-state index is 0.0128. The smallest absolute Gasteiger partial charge is 0.326 e. The van der Waals surface area contributed by atoms with Crippen LogP contribution in [0.15, 0.2) is 18.2 Å². The normalized spacial score (nSPS) is 21.4. The van der Waals surface area contributed by atoms with E-state index in [2.05, 4.69) is 0 Å². The average Bonchev–Trinajstić information content (AvgIpc) is 3.01. The largest absolute Gasteiger partial charge is 0.497 e. The van der Waals surface area contributed by atoms with Crippen LogP contribution in [0.5, 0.6) is 5.75 Å². The summed E-state index contributed by atoms with van der Waals surface area (Å²) in [5, 5.41) is 9.44. The number of aliphatic carboxylic acids is 1. The Morgan fingerprint density at radius 3 is 2.37 bits per heavy atom. The maximum Gasteiger partial charge on any atom is 0.326 e. The molecule has 1 spiro atoms. The SMILES string of the molecule is COc1ccc(C(=O)N2CCC3(CC2)CC(C(=O)O)N(C(C)=O)C3)c(C)c1. The highest BCUT2D eigenvalue weighted by atomic mass is 16.5. The van der Waals surface area contributed by atoms with Crippen molar-refractivity contribution in [2.75, 3.05) is 26.7 Å². The van der Waals surface area contributed by atoms with Crippen molar-refractivity contribution in [2.45, 2.75) is 39.2 Å². The Balaban J connectivity index is 1.69. The first-order valence-electron chi connectivity index (χ1n) is 9.20. The average molecular weight is 374 g/mol. The summed E-state index contributed by atoms with van der Waals surface area (Å²) in [5.41, 5.74) is 1.32. The van der Waals surface area contributed by atoms with Gasteiger partial charge in [0.1, 0.15) is 11.8 Å². The monoisotopic (exact) mass is 374 g/mol. The summed E-state index contributed by atoms with van der Waals surface area (Å²) in [6.45, 7) is 4.91. The molecule has 0 aliphatic carbocycles. The van der Waals surface area contributed by atoms with E-state index in [1.165, 1.54) is 11.8 Å². The number of nitrogens with zero attached hydrogens (tertiary/aromatic N) is 2. The topological polar surface area (TPSA) is 87.2 Å². The van der Waals surface area contributed by atoms with Gasteiger partial charge in [-0.1, -0.05) is 0 Å². The van der Waals surface area contributed by atoms with Crippen LogP contribution in [0.2, 0.25) is 0 Å². The number of hydrogen-bond donors (Lipinski definition) is 1. The molecule has 2 aliphatic rings. The quantitative estimate of drug-likeness (QED) is 0.874. The van der Waals surface area contributed by atoms with Crippen LogP contribution in [-0.2, 0) is 9.59 Å². The molecule has 2 amide bonds. The van der Waals surface area contributed by atoms with E-state index in [1.807, 2.05) is 17.9 Å². The van der Waals surface area contributed by atoms with Crippen LogP contribution in [-0.4, -0.2) is 65.5 Å². The highest BCUT2D eigenvalue weighted by Crippen LogP contribution is 2.43. The molecule has 146 valence electrons. The molecular formula is C20H26N2O5. The minimum Gasteiger partial charge on any atom is -0.497 e. The van der Waals surface area contributed by atoms with Crippen LogP contribution in [0, 0.1) is 12.3 Å². The predicted octanol–water partition coefficient (Wildman–Crippen LogP) is 1.93. The number of rotatable bonds is 3. The number of carbonyl (C=O) groups excluding carboxylic acids is 2. The number of piperidine rings is 1. The first kappa shape index (κ1) is 19.2. The Bertz CT molecular complexity index is 744. The van der Waals surface area contributed by atoms with Crippen molar-refractivity contribution in [3.8, 4) is 5.75 Å². The molecule has 0 aromatic heterocycles. The maximum absolute atomic E-state index is 12.9. The molecule has 2 saturated heterocycles. The van der Waals surface area contributed by atoms with Gasteiger partial charge in [-0.25, -0.2) is 4.79 Å². The molecule has 1 aromatic rings. The number of ether oxygens (including phenoxy) is 1. The molecule has 0 saturated carbocycles. The van der Waals surface area contributed by atoms with Crippen LogP contribution >= 0.6 is 0 Å². The Labute approximate surface area is 158 Å². The van der Waals surface area contributed by atoms with Crippen molar-refractivity contribution in [3.05, 3.63) is 29.3 Å². The molecule has 2 heterocycles. The van der Waals surface area contributed by atoms with Gasteiger partial charge >= 0.3 is 5.97 Å². The van der Waals surface area contributed by atoms with Crippen molar-refractivity contribution >= 4 is 17.8 Å². The van der Waals surface area contributed by atoms with Gasteiger partial charge in [0.2, 0.25) is 5.91 Å². The predicted molar refractivity (Wildman–Crippen MR) is 98.7 cm³/mol. The number of carboxylic acid groups (broad SMARTS) is 1. The molecule has 7 heteroatoms. The number of carboxylic acids is 1. The summed E-state index contributed by atoms with van der Waals surface area (Å²) in [7, 11) is 1.59. The molecule has 0 bridgehead atoms. The second-order valence-corrected chi connectivity index (χ2v) is 7.68. The third-order valence-electron chi connectivity index (χ3n) is 5.97. The second-order valence-electron chi connectivity index (χ2n) is 7.68. The number of carbonyl (C=O) groups is 3. The summed E-state index contributed by atoms with van der Waals surface area (Å²) in [6, 6.07) is 4.66. The van der Waals surface area contributed by atoms with Crippen molar-refractivity contribution < 1.29 is 24.2 Å². The van der Waals surface area contributed by atoms with E-state index in [0.29, 0.717) is 44.5 Å². The molecule has 1 aromatic carbocycles. The van der Waals surface area contributed by atoms with Crippen LogP contribution in [0.25, 0.3) is 0 Å². The number of methoxy groups -OCH3 is 1. The molecule has 1 unspecified atom stereocenters. The van der Waals surface area contributed by atoms with Crippen LogP contribution in [0.4, 0.5) is 0 Å². The highest BCUT2D eigenvalue weighted by molar-refractivity contribution is 5.96. The van der Waals surface area contributed by atoms with E-state index in [4.69, 9.17) is 4.74 Å². The first-order chi connectivity index (χ1) is 12.8. The summed E-state index contributed by atoms with van der Waals surface area (Å²) < 4.78 is 5.19. The Morgan fingerprint density at radius 1 is 1.22 bits per heavy atom. The van der Waals surface area contributed by atoms with Gasteiger partial charge in [0.05, 0.1) is 7.11 Å². The third-order valence-corrected chi connectivity index (χ3v) is 5.97. The fraction of sp³-hybridized carbons (Fsp3) is 0.550. The molecule has 2 aliphatic heterocycles. The van der Waals surface area contributed by atoms with Crippen LogP contribution < -0.4 is 4.74 Å². The van der Waals surface area contributed by atoms with Gasteiger partial charge in [-0.05, 0) is 55.4 Å². The number of amides is 2. The number of hydrogen-bond acceptors (Lipinski definition) is 4. The molecule has 1 atom stereocenters. The Hall–Kier alpha value is -2.57. The molecule has 3 rings (SSSR count). The fourth-order valence-corrected chi connectivity index (χ4v) is 4.33. The zero-order valence-corrected chi connectivity index (χ0v) is 16.0. The lowest BCUT2D eigenvalue weighted by atomic mass is 9.76. The zero-order chi connectivity index (χ0) is 19.8. The second kappa shape index (κ2) is 7.21. The standard InChI is InChI=1S/C20H26N2O5/c1-13-10-15(27-3)4-5-16(13)18(24)21-8-6-20(7-9-21)11-17(19(25)26)22(12-20)14(2)23/h4-5,10,17H,6-9,11-12H2,1-3H3,(H,25,26). The first-order valence-corrected chi connectivity index (χ1v) is 9.20. The molecule has 1 N–H and O–H groups in total. The van der Waals surface area contributed by atoms with Crippen LogP contribution in [0.1, 0.15) is 42.1 Å². The maximum atomic E-state index is 12.9. The van der Waals surface area contributed by atoms with Crippen molar-refractivity contribution in [1.82, 2.24) is 9.80 Å². The summed E-state index contributed by atoms with van der Waals surface area (Å²) >= 11 is 0. The van der Waals surface area contributed by atoms with Crippen molar-refractivity contribution in [3.63, 3.8) is 0 Å². The van der Waals surface area contributed by atoms with Crippen LogP contribution in [0.3, 0.4) is 0 Å². The minimum atomic E-state index is -0.950. The van der Waals surface area contributed by atoms with E-state index in [1.54, 1.807) is 19.2 Å². The van der Waals surface area contributed by atoms with E-state index < -0.39 is 12.0 Å². The number of aryl methyl sites for hydroxylation is 1. The van der Waals surface area contributed by atoms with E-state index in [0.717, 1.165) is 11.3 Å². The summed E-state index contributed by atoms with van der Waals surface area (Å²) in [6.07, 6.45) is 1.88. The van der Waals surface area contributed by atoms with E-state index >= 15 is 0 Å². The van der Waals surface area contributed by atoms with Gasteiger partial charge in [0, 0.05) is 32.1 Å². The molecule has 0 radical (unpaired) electrons. The highest BCUT2D eigenvalue weighted by Gasteiger charge is 2.49. The zero-order valence-electron chi connectivity index (χ0n) is 16.0. The number of likely N-dealkylation sites (tertiary alicyclic amines) is 2. The van der Waals surface area contributed by atoms with Crippen molar-refractivity contribution in [2.24, 2.45) is 5.41 Å².